The maximum absolute atomic E-state index is 8.83. The molecule has 0 fully saturated rings. The topological polar surface area (TPSA) is 83.3 Å². The summed E-state index contributed by atoms with van der Waals surface area (Å²) in [7, 11) is 0. The second-order valence-corrected chi connectivity index (χ2v) is 10.2. The molecule has 154 valence electrons. The fourth-order valence-corrected chi connectivity index (χ4v) is 5.27. The predicted molar refractivity (Wildman–Crippen MR) is 124 cm³/mol. The van der Waals surface area contributed by atoms with Crippen molar-refractivity contribution in [3.05, 3.63) is 132 Å². The molecule has 4 aromatic rings. The van der Waals surface area contributed by atoms with Gasteiger partial charge in [0.1, 0.15) is 0 Å². The van der Waals surface area contributed by atoms with Gasteiger partial charge in [-0.25, -0.2) is 0 Å². The van der Waals surface area contributed by atoms with Gasteiger partial charge in [0.05, 0.1) is 0 Å². The molecule has 0 aliphatic rings. The normalized spacial score (nSPS) is 9.29. The van der Waals surface area contributed by atoms with Gasteiger partial charge in [0.2, 0.25) is 11.5 Å². The minimum absolute atomic E-state index is 0.0972. The van der Waals surface area contributed by atoms with Crippen molar-refractivity contribution in [1.29, 1.82) is 0 Å². The standard InChI is InChI=1S/2C7H6O2.2C6H5.Sn/c2*8-6-4-2-1-3-5-7(6)9;2*1-2-4-6-5-3-1;/h2*1-5H,(H,8,9);2*1-5H;/p+2. The van der Waals surface area contributed by atoms with E-state index in [2.05, 4.69) is 60.7 Å². The van der Waals surface area contributed by atoms with Gasteiger partial charge >= 0.3 is 99.8 Å². The molecule has 4 N–H and O–H groups in total. The Balaban J connectivity index is 0.000000170. The molecule has 0 amide bonds. The van der Waals surface area contributed by atoms with Crippen molar-refractivity contribution >= 4 is 28.3 Å². The van der Waals surface area contributed by atoms with E-state index >= 15 is 0 Å². The van der Waals surface area contributed by atoms with Crippen molar-refractivity contribution in [2.24, 2.45) is 0 Å². The Morgan fingerprint density at radius 3 is 1.06 bits per heavy atom. The molecular formula is C26H24O4Sn+2. The van der Waals surface area contributed by atoms with Crippen LogP contribution in [0.4, 0.5) is 0 Å². The van der Waals surface area contributed by atoms with Crippen LogP contribution in [-0.2, 0) is 0 Å². The molecule has 0 aromatic heterocycles. The van der Waals surface area contributed by atoms with Crippen LogP contribution in [0.15, 0.2) is 121 Å². The van der Waals surface area contributed by atoms with Gasteiger partial charge < -0.3 is 10.2 Å². The van der Waals surface area contributed by atoms with Crippen LogP contribution < -0.4 is 18.0 Å². The van der Waals surface area contributed by atoms with Crippen LogP contribution in [0.3, 0.4) is 0 Å². The van der Waals surface area contributed by atoms with Gasteiger partial charge in [-0.2, -0.15) is 0 Å². The Labute approximate surface area is 191 Å². The summed E-state index contributed by atoms with van der Waals surface area (Å²) in [6.07, 6.45) is 0. The molecule has 0 unspecified atom stereocenters. The van der Waals surface area contributed by atoms with Crippen molar-refractivity contribution in [3.8, 4) is 11.5 Å². The summed E-state index contributed by atoms with van der Waals surface area (Å²) >= 11 is -0.517. The van der Waals surface area contributed by atoms with Gasteiger partial charge in [-0.15, -0.1) is 0 Å². The first-order chi connectivity index (χ1) is 15.1. The molecule has 31 heavy (non-hydrogen) atoms. The second kappa shape index (κ2) is 13.8. The average Bonchev–Trinajstić information content (AvgIpc) is 3.10. The molecule has 5 heteroatoms. The molecule has 0 aliphatic carbocycles. The molecule has 4 rings (SSSR count). The number of hydrogen-bond donors (Lipinski definition) is 2. The Hall–Kier alpha value is -3.38. The molecule has 0 saturated heterocycles. The first-order valence-corrected chi connectivity index (χ1v) is 12.4. The molecule has 0 atom stereocenters. The van der Waals surface area contributed by atoms with E-state index in [1.807, 2.05) is 0 Å². The van der Waals surface area contributed by atoms with E-state index in [-0.39, 0.29) is 22.4 Å². The Morgan fingerprint density at radius 2 is 0.710 bits per heavy atom. The summed E-state index contributed by atoms with van der Waals surface area (Å²) in [5, 5.41) is 17.7. The quantitative estimate of drug-likeness (QED) is 0.315. The first-order valence-electron chi connectivity index (χ1n) is 9.54. The monoisotopic (exact) mass is 520 g/mol. The summed E-state index contributed by atoms with van der Waals surface area (Å²) in [6, 6.07) is 37.3. The maximum atomic E-state index is 8.83. The minimum atomic E-state index is -0.517. The summed E-state index contributed by atoms with van der Waals surface area (Å²) in [5.41, 5.74) is -0.194. The summed E-state index contributed by atoms with van der Waals surface area (Å²) in [4.78, 5) is 17.7. The Bertz CT molecular complexity index is 1070. The first kappa shape index (κ1) is 23.9. The number of aromatic hydroxyl groups is 2. The van der Waals surface area contributed by atoms with E-state index in [9.17, 15) is 0 Å². The molecule has 4 nitrogen and oxygen atoms in total. The van der Waals surface area contributed by atoms with Gasteiger partial charge in [-0.3, -0.25) is 9.59 Å². The van der Waals surface area contributed by atoms with E-state index < -0.39 is 21.1 Å². The SMILES string of the molecule is Oc1cccccc1=[OH+].Oc1cccccc1=[OH+].c1cc[c]([Sn][c]2ccccc2)cc1. The van der Waals surface area contributed by atoms with Crippen LogP contribution in [-0.4, -0.2) is 40.9 Å². The third-order valence-corrected chi connectivity index (χ3v) is 7.37. The van der Waals surface area contributed by atoms with E-state index in [0.717, 1.165) is 0 Å². The van der Waals surface area contributed by atoms with Crippen molar-refractivity contribution in [1.82, 2.24) is 0 Å². The zero-order valence-electron chi connectivity index (χ0n) is 16.8. The van der Waals surface area contributed by atoms with E-state index in [4.69, 9.17) is 19.8 Å². The van der Waals surface area contributed by atoms with Crippen molar-refractivity contribution < 1.29 is 19.8 Å². The zero-order chi connectivity index (χ0) is 22.3. The fraction of sp³-hybridized carbons (Fsp3) is 0. The molecule has 0 aliphatic heterocycles. The molecule has 2 radical (unpaired) electrons. The van der Waals surface area contributed by atoms with Crippen LogP contribution in [0.2, 0.25) is 0 Å². The van der Waals surface area contributed by atoms with E-state index in [1.54, 1.807) is 36.4 Å². The van der Waals surface area contributed by atoms with Gasteiger partial charge in [0.15, 0.2) is 0 Å². The van der Waals surface area contributed by atoms with Crippen molar-refractivity contribution in [2.75, 3.05) is 0 Å². The van der Waals surface area contributed by atoms with Crippen molar-refractivity contribution in [3.63, 3.8) is 0 Å². The summed E-state index contributed by atoms with van der Waals surface area (Å²) in [5.74, 6) is -0.194. The number of hydrogen-bond acceptors (Lipinski definition) is 2. The number of rotatable bonds is 2. The molecule has 4 aromatic carbocycles. The summed E-state index contributed by atoms with van der Waals surface area (Å²) < 4.78 is 3.08. The van der Waals surface area contributed by atoms with Crippen LogP contribution >= 0.6 is 0 Å². The van der Waals surface area contributed by atoms with Crippen LogP contribution in [0.1, 0.15) is 0 Å². The predicted octanol–water partition coefficient (Wildman–Crippen LogP) is 2.14. The van der Waals surface area contributed by atoms with Gasteiger partial charge in [-0.05, 0) is 12.1 Å². The third-order valence-electron chi connectivity index (χ3n) is 3.82. The van der Waals surface area contributed by atoms with Crippen LogP contribution in [0, 0.1) is 0 Å². The zero-order valence-corrected chi connectivity index (χ0v) is 19.7. The number of benzene rings is 2. The second-order valence-electron chi connectivity index (χ2n) is 6.22. The summed E-state index contributed by atoms with van der Waals surface area (Å²) in [6.45, 7) is 0. The van der Waals surface area contributed by atoms with Gasteiger partial charge in [-0.1, -0.05) is 36.4 Å². The molecular weight excluding hydrogens is 495 g/mol. The third kappa shape index (κ3) is 9.78. The Kier molecular flexibility index (Phi) is 10.6. The van der Waals surface area contributed by atoms with Gasteiger partial charge in [0.25, 0.3) is 0 Å². The van der Waals surface area contributed by atoms with E-state index in [1.165, 1.54) is 31.4 Å². The fourth-order valence-electron chi connectivity index (χ4n) is 2.27. The molecule has 0 bridgehead atoms. The molecule has 0 spiro atoms. The van der Waals surface area contributed by atoms with Crippen LogP contribution in [0.25, 0.3) is 0 Å². The molecule has 0 heterocycles. The average molecular weight is 519 g/mol. The molecule has 0 saturated carbocycles. The Morgan fingerprint density at radius 1 is 0.419 bits per heavy atom. The van der Waals surface area contributed by atoms with E-state index in [0.29, 0.717) is 0 Å². The van der Waals surface area contributed by atoms with Gasteiger partial charge in [0, 0.05) is 12.1 Å². The van der Waals surface area contributed by atoms with Crippen molar-refractivity contribution in [2.45, 2.75) is 0 Å². The van der Waals surface area contributed by atoms with Crippen LogP contribution in [0.5, 0.6) is 11.5 Å².